The molecule has 4 N–H and O–H groups in total. The number of carboxylic acid groups (broad SMARTS) is 1. The summed E-state index contributed by atoms with van der Waals surface area (Å²) in [5.74, 6) is -4.21. The summed E-state index contributed by atoms with van der Waals surface area (Å²) in [6, 6.07) is 2.34. The molecule has 2 aromatic rings. The van der Waals surface area contributed by atoms with Gasteiger partial charge in [-0.25, -0.2) is 22.6 Å². The number of amides is 4. The normalized spacial score (nSPS) is 29.5. The molecule has 4 aliphatic rings. The molecular weight excluding hydrogens is 754 g/mol. The summed E-state index contributed by atoms with van der Waals surface area (Å²) in [6.07, 6.45) is -2.78. The Balaban J connectivity index is 1.37. The third kappa shape index (κ3) is 8.02. The second-order valence-electron chi connectivity index (χ2n) is 15.2. The van der Waals surface area contributed by atoms with E-state index < -0.39 is 98.6 Å². The van der Waals surface area contributed by atoms with E-state index in [2.05, 4.69) is 15.6 Å². The topological polar surface area (TPSA) is 193 Å². The number of carbonyl (C=O) groups is 4. The minimum atomic E-state index is -4.87. The molecule has 14 nitrogen and oxygen atoms in total. The highest BCUT2D eigenvalue weighted by molar-refractivity contribution is 7.91. The number of allylic oxidation sites excluding steroid dienone is 1. The zero-order valence-electron chi connectivity index (χ0n) is 30.3. The fraction of sp³-hybridized carbons (Fsp3) is 0.583. The number of carbonyl (C=O) groups excluding carboxylic acids is 3. The van der Waals surface area contributed by atoms with Gasteiger partial charge in [0.1, 0.15) is 46.6 Å². The Morgan fingerprint density at radius 1 is 1.15 bits per heavy atom. The average molecular weight is 798 g/mol. The molecule has 6 rings (SSSR count). The number of hydrogen-bond acceptors (Lipinski definition) is 9. The van der Waals surface area contributed by atoms with Gasteiger partial charge >= 0.3 is 12.3 Å². The van der Waals surface area contributed by atoms with Crippen molar-refractivity contribution >= 4 is 44.6 Å². The van der Waals surface area contributed by atoms with Crippen molar-refractivity contribution < 1.29 is 59.7 Å². The maximum absolute atomic E-state index is 14.4. The fourth-order valence-electron chi connectivity index (χ4n) is 7.61. The quantitative estimate of drug-likeness (QED) is 0.224. The third-order valence-electron chi connectivity index (χ3n) is 11.1. The predicted molar refractivity (Wildman–Crippen MR) is 188 cm³/mol. The van der Waals surface area contributed by atoms with E-state index in [9.17, 15) is 50.3 Å². The highest BCUT2D eigenvalue weighted by atomic mass is 32.2. The van der Waals surface area contributed by atoms with E-state index in [1.54, 1.807) is 19.1 Å². The van der Waals surface area contributed by atoms with E-state index in [1.807, 2.05) is 11.6 Å². The van der Waals surface area contributed by atoms with E-state index in [0.29, 0.717) is 19.3 Å². The molecule has 55 heavy (non-hydrogen) atoms. The summed E-state index contributed by atoms with van der Waals surface area (Å²) >= 11 is 0. The first kappa shape index (κ1) is 40.0. The van der Waals surface area contributed by atoms with Crippen LogP contribution in [-0.4, -0.2) is 96.0 Å². The molecule has 2 aliphatic heterocycles. The number of fused-ring (bicyclic) bond motifs is 3. The summed E-state index contributed by atoms with van der Waals surface area (Å²) < 4.78 is 93.4. The lowest BCUT2D eigenvalue weighted by molar-refractivity contribution is -0.142. The second-order valence-corrected chi connectivity index (χ2v) is 17.2. The zero-order chi connectivity index (χ0) is 40.1. The number of rotatable bonds is 8. The Hall–Kier alpha value is -4.68. The van der Waals surface area contributed by atoms with Gasteiger partial charge in [0.15, 0.2) is 0 Å². The molecule has 2 aliphatic carbocycles. The monoisotopic (exact) mass is 797 g/mol. The van der Waals surface area contributed by atoms with Crippen LogP contribution in [-0.2, 0) is 30.6 Å². The summed E-state index contributed by atoms with van der Waals surface area (Å²) in [5, 5.41) is 14.9. The van der Waals surface area contributed by atoms with Crippen molar-refractivity contribution in [1.29, 1.82) is 0 Å². The van der Waals surface area contributed by atoms with Crippen LogP contribution < -0.4 is 24.8 Å². The van der Waals surface area contributed by atoms with Crippen molar-refractivity contribution in [1.82, 2.24) is 25.2 Å². The van der Waals surface area contributed by atoms with Crippen LogP contribution in [0, 0.1) is 17.8 Å². The number of benzene rings is 1. The van der Waals surface area contributed by atoms with Crippen LogP contribution in [0.2, 0.25) is 0 Å². The molecule has 3 heterocycles. The number of ether oxygens (including phenoxy) is 2. The van der Waals surface area contributed by atoms with Gasteiger partial charge in [0, 0.05) is 17.7 Å². The molecule has 0 spiro atoms. The van der Waals surface area contributed by atoms with Crippen LogP contribution >= 0.6 is 0 Å². The minimum Gasteiger partial charge on any atom is -0.497 e. The Morgan fingerprint density at radius 3 is 2.51 bits per heavy atom. The Bertz CT molecular complexity index is 2010. The molecule has 2 saturated carbocycles. The number of halogens is 4. The predicted octanol–water partition coefficient (Wildman–Crippen LogP) is 4.08. The highest BCUT2D eigenvalue weighted by Crippen LogP contribution is 2.48. The van der Waals surface area contributed by atoms with Crippen LogP contribution in [0.15, 0.2) is 36.4 Å². The molecule has 0 bridgehead atoms. The van der Waals surface area contributed by atoms with Crippen LogP contribution in [0.25, 0.3) is 10.8 Å². The summed E-state index contributed by atoms with van der Waals surface area (Å²) in [6.45, 7) is 2.03. The zero-order valence-corrected chi connectivity index (χ0v) is 31.1. The van der Waals surface area contributed by atoms with Crippen molar-refractivity contribution in [3.05, 3.63) is 42.1 Å². The van der Waals surface area contributed by atoms with E-state index in [0.717, 1.165) is 11.0 Å². The third-order valence-corrected chi connectivity index (χ3v) is 13.2. The number of alkyl halides is 4. The van der Waals surface area contributed by atoms with Crippen molar-refractivity contribution in [2.24, 2.45) is 17.8 Å². The summed E-state index contributed by atoms with van der Waals surface area (Å²) in [5.41, 5.74) is -3.06. The van der Waals surface area contributed by atoms with Gasteiger partial charge in [-0.15, -0.1) is 0 Å². The number of pyridine rings is 1. The molecule has 19 heteroatoms. The number of sulfonamides is 1. The molecule has 0 radical (unpaired) electrons. The molecule has 3 fully saturated rings. The smallest absolute Gasteiger partial charge is 0.433 e. The lowest BCUT2D eigenvalue weighted by Gasteiger charge is -2.32. The summed E-state index contributed by atoms with van der Waals surface area (Å²) in [7, 11) is -3.13. The molecule has 4 amide bonds. The molecule has 1 saturated heterocycles. The van der Waals surface area contributed by atoms with Gasteiger partial charge in [0.2, 0.25) is 27.7 Å². The minimum absolute atomic E-state index is 0.00684. The van der Waals surface area contributed by atoms with Crippen LogP contribution in [0.4, 0.5) is 22.4 Å². The lowest BCUT2D eigenvalue weighted by atomic mass is 9.88. The number of nitrogens with one attached hydrogen (secondary N) is 3. The molecule has 0 unspecified atom stereocenters. The van der Waals surface area contributed by atoms with Gasteiger partial charge in [-0.3, -0.25) is 19.1 Å². The SMILES string of the molecule is COc1ccc2c(O[C@@H]3C[C@H]4C(=O)N[C@]5(C(=O)NS(=O)(=O)C6(CF)CC6)C[C@H]5C=CCC[C@H](C)C[C@@H](C)[C@H](NC(=O)O)C(=O)N4C3)nc(C(F)(F)F)cc2c1. The van der Waals surface area contributed by atoms with Gasteiger partial charge in [-0.1, -0.05) is 26.0 Å². The number of nitrogens with zero attached hydrogens (tertiary/aromatic N) is 2. The fourth-order valence-corrected chi connectivity index (χ4v) is 9.03. The molecule has 1 aromatic heterocycles. The van der Waals surface area contributed by atoms with Crippen LogP contribution in [0.3, 0.4) is 0 Å². The Morgan fingerprint density at radius 2 is 1.87 bits per heavy atom. The number of hydrogen-bond donors (Lipinski definition) is 4. The van der Waals surface area contributed by atoms with Crippen molar-refractivity contribution in [3.63, 3.8) is 0 Å². The standard InChI is InChI=1S/C36H43F4N5O9S/c1-19-6-4-5-7-22-16-35(22,32(48)44-55(51,52)34(18-37)10-11-34)43-29(46)26-15-24(17-45(26)31(47)28(20(2)12-19)42-33(49)50)54-30-25-9-8-23(53-3)13-21(25)14-27(41-30)36(38,39)40/h5,7-9,13-14,19-20,22,24,26,28,42H,4,6,10-12,15-18H2,1-3H3,(H,43,46)(H,44,48)(H,49,50)/t19-,20+,22+,24+,26-,28-,35+/m0/s1. The van der Waals surface area contributed by atoms with Gasteiger partial charge in [0.25, 0.3) is 5.91 Å². The largest absolute Gasteiger partial charge is 0.497 e. The van der Waals surface area contributed by atoms with E-state index in [4.69, 9.17) is 9.47 Å². The molecule has 1 aromatic carbocycles. The van der Waals surface area contributed by atoms with Crippen LogP contribution in [0.5, 0.6) is 11.6 Å². The molecule has 7 atom stereocenters. The average Bonchev–Trinajstić information content (AvgIpc) is 4.02. The van der Waals surface area contributed by atoms with Crippen LogP contribution in [0.1, 0.15) is 64.5 Å². The Labute approximate surface area is 314 Å². The van der Waals surface area contributed by atoms with E-state index >= 15 is 0 Å². The van der Waals surface area contributed by atoms with Gasteiger partial charge in [-0.2, -0.15) is 13.2 Å². The second kappa shape index (κ2) is 14.8. The lowest BCUT2D eigenvalue weighted by Crippen LogP contribution is -2.59. The number of methoxy groups -OCH3 is 1. The highest BCUT2D eigenvalue weighted by Gasteiger charge is 2.64. The first-order valence-electron chi connectivity index (χ1n) is 18.0. The van der Waals surface area contributed by atoms with Gasteiger partial charge in [-0.05, 0) is 80.0 Å². The number of aromatic nitrogens is 1. The van der Waals surface area contributed by atoms with E-state index in [-0.39, 0.29) is 54.7 Å². The first-order valence-corrected chi connectivity index (χ1v) is 19.5. The molecular formula is C36H43F4N5O9S. The van der Waals surface area contributed by atoms with Gasteiger partial charge < -0.3 is 30.1 Å². The van der Waals surface area contributed by atoms with Crippen molar-refractivity contribution in [2.45, 2.75) is 93.4 Å². The molecule has 300 valence electrons. The van der Waals surface area contributed by atoms with E-state index in [1.165, 1.54) is 25.3 Å². The maximum atomic E-state index is 14.4. The van der Waals surface area contributed by atoms with Crippen molar-refractivity contribution in [3.8, 4) is 11.6 Å². The Kier molecular flexibility index (Phi) is 10.7. The summed E-state index contributed by atoms with van der Waals surface area (Å²) in [4.78, 5) is 59.2. The maximum Gasteiger partial charge on any atom is 0.433 e. The van der Waals surface area contributed by atoms with Crippen molar-refractivity contribution in [2.75, 3.05) is 20.3 Å². The first-order chi connectivity index (χ1) is 25.8. The van der Waals surface area contributed by atoms with Gasteiger partial charge in [0.05, 0.1) is 13.7 Å².